The topological polar surface area (TPSA) is 172 Å². The zero-order chi connectivity index (χ0) is 17.9. The van der Waals surface area contributed by atoms with Gasteiger partial charge in [-0.2, -0.15) is 0 Å². The van der Waals surface area contributed by atoms with Gasteiger partial charge < -0.3 is 32.4 Å². The van der Waals surface area contributed by atoms with Crippen molar-refractivity contribution in [2.75, 3.05) is 19.6 Å². The first-order valence-electron chi connectivity index (χ1n) is 7.12. The van der Waals surface area contributed by atoms with E-state index in [1.54, 1.807) is 12.2 Å². The van der Waals surface area contributed by atoms with E-state index in [9.17, 15) is 19.2 Å². The molecule has 0 atom stereocenters. The molecule has 0 saturated heterocycles. The molecule has 10 nitrogen and oxygen atoms in total. The van der Waals surface area contributed by atoms with Crippen molar-refractivity contribution in [3.8, 4) is 0 Å². The van der Waals surface area contributed by atoms with Crippen molar-refractivity contribution in [3.05, 3.63) is 35.7 Å². The number of nitrogens with two attached hydrogens (primary N) is 2. The molecule has 0 unspecified atom stereocenters. The van der Waals surface area contributed by atoms with Crippen LogP contribution in [-0.2, 0) is 4.79 Å². The normalized spacial score (nSPS) is 10.3. The molecule has 0 aliphatic rings. The second-order valence-electron chi connectivity index (χ2n) is 4.68. The number of aromatic nitrogens is 1. The van der Waals surface area contributed by atoms with Crippen LogP contribution in [-0.4, -0.2) is 48.4 Å². The van der Waals surface area contributed by atoms with Gasteiger partial charge in [0.05, 0.1) is 0 Å². The Balaban J connectivity index is 2.18. The van der Waals surface area contributed by atoms with Gasteiger partial charge in [-0.05, 0) is 12.1 Å². The highest BCUT2D eigenvalue weighted by atomic mass is 16.2. The highest BCUT2D eigenvalue weighted by Gasteiger charge is 2.09. The fraction of sp³-hybridized carbons (Fsp3) is 0.286. The number of aromatic amines is 1. The van der Waals surface area contributed by atoms with Gasteiger partial charge in [0.25, 0.3) is 11.8 Å². The third kappa shape index (κ3) is 7.11. The SMILES string of the molecule is NC(=O)NCCC(=O)NC/C=C\CNC(=O)c1ccc(C(N)=O)[nH]1. The highest BCUT2D eigenvalue weighted by Crippen LogP contribution is 2.00. The molecule has 0 saturated carbocycles. The molecule has 1 heterocycles. The maximum absolute atomic E-state index is 11.8. The number of rotatable bonds is 9. The van der Waals surface area contributed by atoms with Gasteiger partial charge in [0.1, 0.15) is 11.4 Å². The Hall–Kier alpha value is -3.30. The van der Waals surface area contributed by atoms with Crippen molar-refractivity contribution >= 4 is 23.8 Å². The van der Waals surface area contributed by atoms with E-state index in [4.69, 9.17) is 11.5 Å². The van der Waals surface area contributed by atoms with Crippen LogP contribution in [0.25, 0.3) is 0 Å². The van der Waals surface area contributed by atoms with Crippen molar-refractivity contribution in [3.63, 3.8) is 0 Å². The minimum Gasteiger partial charge on any atom is -0.364 e. The molecule has 0 aromatic carbocycles. The van der Waals surface area contributed by atoms with Crippen LogP contribution in [0.2, 0.25) is 0 Å². The zero-order valence-electron chi connectivity index (χ0n) is 12.9. The van der Waals surface area contributed by atoms with Gasteiger partial charge in [0, 0.05) is 26.1 Å². The molecule has 0 aliphatic heterocycles. The number of H-pyrrole nitrogens is 1. The van der Waals surface area contributed by atoms with E-state index in [-0.39, 0.29) is 42.7 Å². The number of hydrogen-bond donors (Lipinski definition) is 6. The molecule has 24 heavy (non-hydrogen) atoms. The Labute approximate surface area is 138 Å². The molecule has 10 heteroatoms. The van der Waals surface area contributed by atoms with E-state index in [1.165, 1.54) is 12.1 Å². The first kappa shape index (κ1) is 18.7. The standard InChI is InChI=1S/C14H20N6O4/c15-12(22)9-3-4-10(20-9)13(23)18-7-2-1-6-17-11(21)5-8-19-14(16)24/h1-4,20H,5-8H2,(H2,15,22)(H,17,21)(H,18,23)(H3,16,19,24)/b2-1-. The van der Waals surface area contributed by atoms with Crippen LogP contribution in [0, 0.1) is 0 Å². The minimum atomic E-state index is -0.677. The predicted octanol–water partition coefficient (Wildman–Crippen LogP) is -1.43. The lowest BCUT2D eigenvalue weighted by Gasteiger charge is -2.03. The van der Waals surface area contributed by atoms with Crippen molar-refractivity contribution in [1.29, 1.82) is 0 Å². The second-order valence-corrected chi connectivity index (χ2v) is 4.68. The molecule has 0 fully saturated rings. The van der Waals surface area contributed by atoms with Gasteiger partial charge in [0.2, 0.25) is 5.91 Å². The summed E-state index contributed by atoms with van der Waals surface area (Å²) in [4.78, 5) is 47.0. The maximum atomic E-state index is 11.8. The molecule has 130 valence electrons. The fourth-order valence-corrected chi connectivity index (χ4v) is 1.65. The van der Waals surface area contributed by atoms with Crippen LogP contribution in [0.15, 0.2) is 24.3 Å². The highest BCUT2D eigenvalue weighted by molar-refractivity contribution is 5.96. The van der Waals surface area contributed by atoms with Crippen molar-refractivity contribution in [2.45, 2.75) is 6.42 Å². The van der Waals surface area contributed by atoms with E-state index in [1.807, 2.05) is 0 Å². The summed E-state index contributed by atoms with van der Waals surface area (Å²) in [6.07, 6.45) is 3.46. The summed E-state index contributed by atoms with van der Waals surface area (Å²) < 4.78 is 0. The van der Waals surface area contributed by atoms with Crippen LogP contribution in [0.4, 0.5) is 4.79 Å². The Bertz CT molecular complexity index is 637. The summed E-state index contributed by atoms with van der Waals surface area (Å²) in [6, 6.07) is 2.21. The second kappa shape index (κ2) is 9.66. The first-order chi connectivity index (χ1) is 11.4. The van der Waals surface area contributed by atoms with Gasteiger partial charge in [-0.1, -0.05) is 12.2 Å². The van der Waals surface area contributed by atoms with Gasteiger partial charge in [-0.15, -0.1) is 0 Å². The van der Waals surface area contributed by atoms with Crippen molar-refractivity contribution < 1.29 is 19.2 Å². The number of hydrogen-bond acceptors (Lipinski definition) is 4. The molecular formula is C14H20N6O4. The molecule has 0 aliphatic carbocycles. The number of amides is 5. The Morgan fingerprint density at radius 1 is 0.958 bits per heavy atom. The molecule has 0 radical (unpaired) electrons. The molecule has 1 aromatic heterocycles. The van der Waals surface area contributed by atoms with E-state index in [2.05, 4.69) is 20.9 Å². The van der Waals surface area contributed by atoms with Gasteiger partial charge in [0.15, 0.2) is 0 Å². The Morgan fingerprint density at radius 3 is 2.17 bits per heavy atom. The molecule has 5 amide bonds. The predicted molar refractivity (Wildman–Crippen MR) is 86.0 cm³/mol. The summed E-state index contributed by atoms with van der Waals surface area (Å²) >= 11 is 0. The van der Waals surface area contributed by atoms with Gasteiger partial charge in [-0.3, -0.25) is 14.4 Å². The van der Waals surface area contributed by atoms with Crippen LogP contribution in [0.1, 0.15) is 27.4 Å². The summed E-state index contributed by atoms with van der Waals surface area (Å²) in [5, 5.41) is 7.51. The minimum absolute atomic E-state index is 0.128. The Morgan fingerprint density at radius 2 is 1.58 bits per heavy atom. The largest absolute Gasteiger partial charge is 0.364 e. The third-order valence-electron chi connectivity index (χ3n) is 2.81. The molecule has 0 spiro atoms. The van der Waals surface area contributed by atoms with E-state index in [0.29, 0.717) is 6.54 Å². The van der Waals surface area contributed by atoms with Crippen molar-refractivity contribution in [1.82, 2.24) is 20.9 Å². The number of carbonyl (C=O) groups is 4. The van der Waals surface area contributed by atoms with Crippen LogP contribution >= 0.6 is 0 Å². The van der Waals surface area contributed by atoms with E-state index >= 15 is 0 Å². The number of nitrogens with one attached hydrogen (secondary N) is 4. The van der Waals surface area contributed by atoms with Crippen LogP contribution in [0.5, 0.6) is 0 Å². The molecule has 1 aromatic rings. The smallest absolute Gasteiger partial charge is 0.312 e. The lowest BCUT2D eigenvalue weighted by atomic mass is 10.3. The van der Waals surface area contributed by atoms with Crippen LogP contribution in [0.3, 0.4) is 0 Å². The lowest BCUT2D eigenvalue weighted by molar-refractivity contribution is -0.120. The lowest BCUT2D eigenvalue weighted by Crippen LogP contribution is -2.33. The summed E-state index contributed by atoms with van der Waals surface area (Å²) in [6.45, 7) is 0.715. The third-order valence-corrected chi connectivity index (χ3v) is 2.81. The average molecular weight is 336 g/mol. The first-order valence-corrected chi connectivity index (χ1v) is 7.12. The average Bonchev–Trinajstić information content (AvgIpc) is 3.00. The molecule has 1 rings (SSSR count). The Kier molecular flexibility index (Phi) is 7.55. The quantitative estimate of drug-likeness (QED) is 0.304. The summed E-state index contributed by atoms with van der Waals surface area (Å²) in [5.41, 5.74) is 10.3. The number of urea groups is 1. The summed E-state index contributed by atoms with van der Waals surface area (Å²) in [7, 11) is 0. The fourth-order valence-electron chi connectivity index (χ4n) is 1.65. The maximum Gasteiger partial charge on any atom is 0.312 e. The number of carbonyl (C=O) groups excluding carboxylic acids is 4. The summed E-state index contributed by atoms with van der Waals surface area (Å²) in [5.74, 6) is -1.26. The monoisotopic (exact) mass is 336 g/mol. The van der Waals surface area contributed by atoms with Crippen molar-refractivity contribution in [2.24, 2.45) is 11.5 Å². The molecule has 8 N–H and O–H groups in total. The van der Waals surface area contributed by atoms with E-state index in [0.717, 1.165) is 0 Å². The van der Waals surface area contributed by atoms with Crippen LogP contribution < -0.4 is 27.4 Å². The van der Waals surface area contributed by atoms with Gasteiger partial charge in [-0.25, -0.2) is 4.79 Å². The number of primary amides is 2. The van der Waals surface area contributed by atoms with Gasteiger partial charge >= 0.3 is 6.03 Å². The molecule has 0 bridgehead atoms. The van der Waals surface area contributed by atoms with E-state index < -0.39 is 11.9 Å². The molecular weight excluding hydrogens is 316 g/mol. The zero-order valence-corrected chi connectivity index (χ0v) is 12.9.